The van der Waals surface area contributed by atoms with Crippen molar-refractivity contribution < 1.29 is 14.6 Å². The molecule has 1 aromatic carbocycles. The van der Waals surface area contributed by atoms with Crippen molar-refractivity contribution in [2.24, 2.45) is 4.99 Å². The smallest absolute Gasteiger partial charge is 0.235 e. The Hall–Kier alpha value is -1.51. The third-order valence-electron chi connectivity index (χ3n) is 2.27. The minimum absolute atomic E-state index is 0.00162. The zero-order chi connectivity index (χ0) is 12.1. The zero-order valence-corrected chi connectivity index (χ0v) is 9.84. The molecule has 0 radical (unpaired) electrons. The first-order valence-corrected chi connectivity index (χ1v) is 5.14. The molecular weight excluding hydrogens is 230 g/mol. The molecule has 0 bridgehead atoms. The molecule has 4 nitrogen and oxygen atoms in total. The Morgan fingerprint density at radius 1 is 1.62 bits per heavy atom. The Labute approximate surface area is 98.5 Å². The van der Waals surface area contributed by atoms with Gasteiger partial charge in [0.1, 0.15) is 0 Å². The van der Waals surface area contributed by atoms with E-state index in [9.17, 15) is 9.90 Å². The fraction of sp³-hybridized carbons (Fsp3) is 0.364. The Bertz CT molecular complexity index is 411. The van der Waals surface area contributed by atoms with Crippen LogP contribution in [0.5, 0.6) is 11.5 Å². The number of aliphatic imine (C=N–C) groups is 1. The van der Waals surface area contributed by atoms with Crippen molar-refractivity contribution in [2.45, 2.75) is 19.9 Å². The Kier molecular flexibility index (Phi) is 4.35. The van der Waals surface area contributed by atoms with E-state index >= 15 is 0 Å². The van der Waals surface area contributed by atoms with Crippen LogP contribution in [0.2, 0.25) is 5.02 Å². The van der Waals surface area contributed by atoms with Gasteiger partial charge in [-0.1, -0.05) is 18.5 Å². The first-order chi connectivity index (χ1) is 7.65. The molecule has 86 valence electrons. The molecule has 0 aliphatic carbocycles. The van der Waals surface area contributed by atoms with Crippen LogP contribution in [-0.2, 0) is 17.8 Å². The molecule has 0 aliphatic heterocycles. The Morgan fingerprint density at radius 2 is 2.31 bits per heavy atom. The molecule has 0 atom stereocenters. The van der Waals surface area contributed by atoms with E-state index in [4.69, 9.17) is 16.3 Å². The molecule has 0 amide bonds. The summed E-state index contributed by atoms with van der Waals surface area (Å²) in [6.45, 7) is 1.93. The molecule has 0 aromatic heterocycles. The Morgan fingerprint density at radius 3 is 2.81 bits per heavy atom. The molecule has 0 aliphatic rings. The zero-order valence-electron chi connectivity index (χ0n) is 9.08. The summed E-state index contributed by atoms with van der Waals surface area (Å²) in [5.41, 5.74) is 1.23. The van der Waals surface area contributed by atoms with Crippen LogP contribution in [0.25, 0.3) is 0 Å². The lowest BCUT2D eigenvalue weighted by molar-refractivity contribution is 0.370. The minimum atomic E-state index is -0.0799. The van der Waals surface area contributed by atoms with Crippen LogP contribution < -0.4 is 4.74 Å². The fourth-order valence-electron chi connectivity index (χ4n) is 1.40. The van der Waals surface area contributed by atoms with Gasteiger partial charge in [-0.05, 0) is 18.1 Å². The number of benzene rings is 1. The van der Waals surface area contributed by atoms with Gasteiger partial charge in [0.25, 0.3) is 0 Å². The van der Waals surface area contributed by atoms with E-state index in [1.54, 1.807) is 6.07 Å². The van der Waals surface area contributed by atoms with E-state index in [0.717, 1.165) is 5.56 Å². The van der Waals surface area contributed by atoms with Crippen LogP contribution in [0, 0.1) is 0 Å². The maximum Gasteiger partial charge on any atom is 0.235 e. The molecule has 0 saturated carbocycles. The molecule has 0 spiro atoms. The summed E-state index contributed by atoms with van der Waals surface area (Å²) in [7, 11) is 1.45. The number of phenolic OH excluding ortho intramolecular Hbond substituents is 1. The van der Waals surface area contributed by atoms with Crippen molar-refractivity contribution in [3.63, 3.8) is 0 Å². The van der Waals surface area contributed by atoms with Crippen molar-refractivity contribution >= 4 is 17.7 Å². The summed E-state index contributed by atoms with van der Waals surface area (Å²) in [6.07, 6.45) is 2.11. The highest BCUT2D eigenvalue weighted by atomic mass is 35.5. The highest BCUT2D eigenvalue weighted by Gasteiger charge is 2.15. The summed E-state index contributed by atoms with van der Waals surface area (Å²) >= 11 is 6.07. The number of phenols is 1. The topological polar surface area (TPSA) is 58.9 Å². The summed E-state index contributed by atoms with van der Waals surface area (Å²) < 4.78 is 5.01. The SMILES string of the molecule is CCc1cc(OC)c(O)c(CN=C=O)c1Cl. The van der Waals surface area contributed by atoms with Gasteiger partial charge in [-0.3, -0.25) is 0 Å². The molecule has 0 saturated heterocycles. The van der Waals surface area contributed by atoms with Crippen LogP contribution in [0.4, 0.5) is 0 Å². The van der Waals surface area contributed by atoms with Crippen molar-refractivity contribution in [1.82, 2.24) is 0 Å². The lowest BCUT2D eigenvalue weighted by atomic mass is 10.1. The normalized spacial score (nSPS) is 9.69. The lowest BCUT2D eigenvalue weighted by Gasteiger charge is -2.12. The lowest BCUT2D eigenvalue weighted by Crippen LogP contribution is -1.95. The van der Waals surface area contributed by atoms with Gasteiger partial charge in [-0.15, -0.1) is 0 Å². The van der Waals surface area contributed by atoms with Crippen LogP contribution in [0.1, 0.15) is 18.1 Å². The molecule has 1 aromatic rings. The molecular formula is C11H12ClNO3. The van der Waals surface area contributed by atoms with Crippen LogP contribution in [0.15, 0.2) is 11.1 Å². The standard InChI is InChI=1S/C11H12ClNO3/c1-3-7-4-9(16-2)11(15)8(10(7)12)5-13-6-14/h4,15H,3,5H2,1-2H3. The summed E-state index contributed by atoms with van der Waals surface area (Å²) in [5.74, 6) is 0.251. The number of hydrogen-bond acceptors (Lipinski definition) is 4. The highest BCUT2D eigenvalue weighted by molar-refractivity contribution is 6.32. The average Bonchev–Trinajstić information content (AvgIpc) is 2.29. The van der Waals surface area contributed by atoms with E-state index in [2.05, 4.69) is 4.99 Å². The first-order valence-electron chi connectivity index (χ1n) is 4.76. The number of ether oxygens (including phenoxy) is 1. The predicted octanol–water partition coefficient (Wildman–Crippen LogP) is 2.45. The van der Waals surface area contributed by atoms with E-state index in [1.807, 2.05) is 6.92 Å². The summed E-state index contributed by atoms with van der Waals surface area (Å²) in [6, 6.07) is 1.67. The van der Waals surface area contributed by atoms with Gasteiger partial charge < -0.3 is 9.84 Å². The predicted molar refractivity (Wildman–Crippen MR) is 60.9 cm³/mol. The average molecular weight is 242 g/mol. The highest BCUT2D eigenvalue weighted by Crippen LogP contribution is 2.38. The van der Waals surface area contributed by atoms with Crippen LogP contribution in [0.3, 0.4) is 0 Å². The van der Waals surface area contributed by atoms with Gasteiger partial charge >= 0.3 is 0 Å². The van der Waals surface area contributed by atoms with E-state index in [1.165, 1.54) is 13.2 Å². The summed E-state index contributed by atoms with van der Waals surface area (Å²) in [5, 5.41) is 10.2. The molecule has 5 heteroatoms. The number of halogens is 1. The summed E-state index contributed by atoms with van der Waals surface area (Å²) in [4.78, 5) is 13.5. The number of hydrogen-bond donors (Lipinski definition) is 1. The van der Waals surface area contributed by atoms with Crippen molar-refractivity contribution in [2.75, 3.05) is 7.11 Å². The maximum atomic E-state index is 10.1. The molecule has 0 heterocycles. The van der Waals surface area contributed by atoms with Gasteiger partial charge in [0.15, 0.2) is 11.5 Å². The fourth-order valence-corrected chi connectivity index (χ4v) is 1.74. The second-order valence-electron chi connectivity index (χ2n) is 3.14. The van der Waals surface area contributed by atoms with E-state index < -0.39 is 0 Å². The first kappa shape index (κ1) is 12.6. The van der Waals surface area contributed by atoms with Gasteiger partial charge in [-0.25, -0.2) is 9.79 Å². The van der Waals surface area contributed by atoms with Crippen molar-refractivity contribution in [3.8, 4) is 11.5 Å². The number of aromatic hydroxyl groups is 1. The van der Waals surface area contributed by atoms with Gasteiger partial charge in [0.05, 0.1) is 18.7 Å². The number of isocyanates is 1. The monoisotopic (exact) mass is 241 g/mol. The quantitative estimate of drug-likeness (QED) is 0.651. The molecule has 16 heavy (non-hydrogen) atoms. The second kappa shape index (κ2) is 5.54. The van der Waals surface area contributed by atoms with Gasteiger partial charge in [0.2, 0.25) is 6.08 Å². The third kappa shape index (κ3) is 2.35. The molecule has 0 unspecified atom stereocenters. The number of methoxy groups -OCH3 is 1. The van der Waals surface area contributed by atoms with Crippen LogP contribution in [-0.4, -0.2) is 18.3 Å². The van der Waals surface area contributed by atoms with Crippen LogP contribution >= 0.6 is 11.6 Å². The van der Waals surface area contributed by atoms with Crippen molar-refractivity contribution in [1.29, 1.82) is 0 Å². The van der Waals surface area contributed by atoms with Gasteiger partial charge in [0, 0.05) is 5.56 Å². The van der Waals surface area contributed by atoms with Crippen molar-refractivity contribution in [3.05, 3.63) is 22.2 Å². The Balaban J connectivity index is 3.36. The maximum absolute atomic E-state index is 10.1. The number of carbonyl (C=O) groups excluding carboxylic acids is 1. The number of aryl methyl sites for hydroxylation is 1. The third-order valence-corrected chi connectivity index (χ3v) is 2.74. The van der Waals surface area contributed by atoms with E-state index in [-0.39, 0.29) is 12.3 Å². The molecule has 1 rings (SSSR count). The van der Waals surface area contributed by atoms with Gasteiger partial charge in [-0.2, -0.15) is 0 Å². The molecule has 0 fully saturated rings. The molecule has 1 N–H and O–H groups in total. The largest absolute Gasteiger partial charge is 0.504 e. The second-order valence-corrected chi connectivity index (χ2v) is 3.52. The number of nitrogens with zero attached hydrogens (tertiary/aromatic N) is 1. The van der Waals surface area contributed by atoms with E-state index in [0.29, 0.717) is 22.8 Å². The number of rotatable bonds is 4. The minimum Gasteiger partial charge on any atom is -0.504 e.